The molecule has 1 fully saturated rings. The molecule has 1 aromatic heterocycles. The first-order chi connectivity index (χ1) is 9.15. The lowest BCUT2D eigenvalue weighted by Crippen LogP contribution is -2.39. The summed E-state index contributed by atoms with van der Waals surface area (Å²) in [6, 6.07) is 0. The Morgan fingerprint density at radius 1 is 1.26 bits per heavy atom. The standard InChI is InChI=1S/C11H18N4O2S2/c16-19(17,15-6-2-1-3-7-15)14-11-13-9-4-5-12-8-10(9)18-11/h12H,1-8H2,(H,13,14). The van der Waals surface area contributed by atoms with Gasteiger partial charge in [0.1, 0.15) is 0 Å². The second kappa shape index (κ2) is 5.35. The summed E-state index contributed by atoms with van der Waals surface area (Å²) < 4.78 is 28.6. The van der Waals surface area contributed by atoms with E-state index in [2.05, 4.69) is 15.0 Å². The number of piperidine rings is 1. The van der Waals surface area contributed by atoms with Crippen molar-refractivity contribution in [3.63, 3.8) is 0 Å². The molecule has 2 aliphatic rings. The van der Waals surface area contributed by atoms with Crippen LogP contribution in [-0.4, -0.2) is 37.3 Å². The highest BCUT2D eigenvalue weighted by atomic mass is 32.2. The van der Waals surface area contributed by atoms with E-state index in [1.807, 2.05) is 0 Å². The van der Waals surface area contributed by atoms with Crippen molar-refractivity contribution in [1.82, 2.24) is 14.6 Å². The van der Waals surface area contributed by atoms with Gasteiger partial charge in [0.15, 0.2) is 5.13 Å². The van der Waals surface area contributed by atoms with Crippen molar-refractivity contribution in [2.75, 3.05) is 24.4 Å². The third-order valence-electron chi connectivity index (χ3n) is 3.47. The molecule has 0 amide bonds. The average molecular weight is 302 g/mol. The molecule has 0 unspecified atom stereocenters. The third kappa shape index (κ3) is 2.91. The predicted octanol–water partition coefficient (Wildman–Crippen LogP) is 0.931. The SMILES string of the molecule is O=S(=O)(Nc1nc2c(s1)CNCC2)N1CCCCC1. The summed E-state index contributed by atoms with van der Waals surface area (Å²) >= 11 is 1.44. The monoisotopic (exact) mass is 302 g/mol. The van der Waals surface area contributed by atoms with E-state index in [0.29, 0.717) is 18.2 Å². The summed E-state index contributed by atoms with van der Waals surface area (Å²) in [6.45, 7) is 2.93. The maximum absolute atomic E-state index is 12.2. The lowest BCUT2D eigenvalue weighted by molar-refractivity contribution is 0.349. The first-order valence-electron chi connectivity index (χ1n) is 6.62. The molecule has 0 aliphatic carbocycles. The van der Waals surface area contributed by atoms with E-state index >= 15 is 0 Å². The van der Waals surface area contributed by atoms with Crippen molar-refractivity contribution in [2.24, 2.45) is 0 Å². The zero-order valence-electron chi connectivity index (χ0n) is 10.7. The van der Waals surface area contributed by atoms with Crippen LogP contribution in [0.4, 0.5) is 5.13 Å². The summed E-state index contributed by atoms with van der Waals surface area (Å²) in [7, 11) is -3.43. The zero-order chi connectivity index (χ0) is 13.3. The first kappa shape index (κ1) is 13.3. The Morgan fingerprint density at radius 3 is 2.79 bits per heavy atom. The van der Waals surface area contributed by atoms with Crippen LogP contribution in [0.5, 0.6) is 0 Å². The summed E-state index contributed by atoms with van der Waals surface area (Å²) in [6.07, 6.45) is 3.87. The third-order valence-corrected chi connectivity index (χ3v) is 6.11. The number of rotatable bonds is 3. The molecule has 1 saturated heterocycles. The first-order valence-corrected chi connectivity index (χ1v) is 8.88. The molecular weight excluding hydrogens is 284 g/mol. The summed E-state index contributed by atoms with van der Waals surface area (Å²) in [5.41, 5.74) is 1.03. The van der Waals surface area contributed by atoms with Gasteiger partial charge < -0.3 is 5.32 Å². The number of nitrogens with one attached hydrogen (secondary N) is 2. The molecule has 0 radical (unpaired) electrons. The smallest absolute Gasteiger partial charge is 0.303 e. The van der Waals surface area contributed by atoms with E-state index in [4.69, 9.17) is 0 Å². The van der Waals surface area contributed by atoms with Gasteiger partial charge in [-0.1, -0.05) is 17.8 Å². The van der Waals surface area contributed by atoms with Gasteiger partial charge in [0.25, 0.3) is 0 Å². The molecule has 2 N–H and O–H groups in total. The van der Waals surface area contributed by atoms with E-state index in [-0.39, 0.29) is 0 Å². The number of anilines is 1. The minimum Gasteiger partial charge on any atom is -0.311 e. The van der Waals surface area contributed by atoms with Crippen LogP contribution in [0.2, 0.25) is 0 Å². The molecule has 106 valence electrons. The van der Waals surface area contributed by atoms with Gasteiger partial charge in [-0.05, 0) is 12.8 Å². The average Bonchev–Trinajstić information content (AvgIpc) is 2.81. The van der Waals surface area contributed by atoms with E-state index in [9.17, 15) is 8.42 Å². The minimum absolute atomic E-state index is 0.499. The van der Waals surface area contributed by atoms with Crippen LogP contribution in [0.15, 0.2) is 0 Å². The predicted molar refractivity (Wildman–Crippen MR) is 75.5 cm³/mol. The van der Waals surface area contributed by atoms with Gasteiger partial charge in [-0.3, -0.25) is 0 Å². The molecule has 2 aliphatic heterocycles. The Kier molecular flexibility index (Phi) is 3.75. The molecular formula is C11H18N4O2S2. The summed E-state index contributed by atoms with van der Waals surface area (Å²) in [4.78, 5) is 5.53. The molecule has 0 atom stereocenters. The fourth-order valence-electron chi connectivity index (χ4n) is 2.45. The van der Waals surface area contributed by atoms with Crippen LogP contribution < -0.4 is 10.0 Å². The van der Waals surface area contributed by atoms with E-state index in [1.54, 1.807) is 0 Å². The highest BCUT2D eigenvalue weighted by Gasteiger charge is 2.25. The molecule has 6 nitrogen and oxygen atoms in total. The largest absolute Gasteiger partial charge is 0.311 e. The Hall–Kier alpha value is -0.700. The molecule has 0 saturated carbocycles. The van der Waals surface area contributed by atoms with Gasteiger partial charge in [-0.15, -0.1) is 0 Å². The fraction of sp³-hybridized carbons (Fsp3) is 0.727. The van der Waals surface area contributed by atoms with Crippen LogP contribution in [0, 0.1) is 0 Å². The fourth-order valence-corrected chi connectivity index (χ4v) is 4.90. The Morgan fingerprint density at radius 2 is 2.05 bits per heavy atom. The number of hydrogen-bond donors (Lipinski definition) is 2. The minimum atomic E-state index is -3.43. The van der Waals surface area contributed by atoms with Crippen molar-refractivity contribution in [3.05, 3.63) is 10.6 Å². The second-order valence-corrected chi connectivity index (χ2v) is 7.64. The van der Waals surface area contributed by atoms with E-state index < -0.39 is 10.2 Å². The Bertz CT molecular complexity index is 526. The normalized spacial score (nSPS) is 21.1. The second-order valence-electron chi connectivity index (χ2n) is 4.88. The van der Waals surface area contributed by atoms with Crippen molar-refractivity contribution in [3.8, 4) is 0 Å². The summed E-state index contributed by atoms with van der Waals surface area (Å²) in [5, 5.41) is 3.76. The Labute approximate surface area is 117 Å². The lowest BCUT2D eigenvalue weighted by Gasteiger charge is -2.25. The zero-order valence-corrected chi connectivity index (χ0v) is 12.3. The maximum Gasteiger partial charge on any atom is 0.303 e. The molecule has 0 spiro atoms. The van der Waals surface area contributed by atoms with Crippen LogP contribution in [0.1, 0.15) is 29.8 Å². The van der Waals surface area contributed by atoms with Crippen molar-refractivity contribution in [1.29, 1.82) is 0 Å². The van der Waals surface area contributed by atoms with E-state index in [1.165, 1.54) is 15.6 Å². The number of aromatic nitrogens is 1. The van der Waals surface area contributed by atoms with Gasteiger partial charge in [-0.25, -0.2) is 9.71 Å². The van der Waals surface area contributed by atoms with Crippen LogP contribution in [0.25, 0.3) is 0 Å². The van der Waals surface area contributed by atoms with Crippen molar-refractivity contribution >= 4 is 26.7 Å². The Balaban J connectivity index is 1.74. The van der Waals surface area contributed by atoms with Crippen LogP contribution in [-0.2, 0) is 23.2 Å². The van der Waals surface area contributed by atoms with Gasteiger partial charge >= 0.3 is 10.2 Å². The van der Waals surface area contributed by atoms with Crippen LogP contribution in [0.3, 0.4) is 0 Å². The maximum atomic E-state index is 12.2. The van der Waals surface area contributed by atoms with Gasteiger partial charge in [0.2, 0.25) is 0 Å². The highest BCUT2D eigenvalue weighted by molar-refractivity contribution is 7.90. The van der Waals surface area contributed by atoms with Gasteiger partial charge in [-0.2, -0.15) is 12.7 Å². The van der Waals surface area contributed by atoms with Gasteiger partial charge in [0.05, 0.1) is 5.69 Å². The molecule has 1 aromatic rings. The molecule has 3 heterocycles. The topological polar surface area (TPSA) is 74.3 Å². The lowest BCUT2D eigenvalue weighted by atomic mass is 10.2. The number of hydrogen-bond acceptors (Lipinski definition) is 5. The number of thiazole rings is 1. The molecule has 0 bridgehead atoms. The molecule has 8 heteroatoms. The summed E-state index contributed by atoms with van der Waals surface area (Å²) in [5.74, 6) is 0. The highest BCUT2D eigenvalue weighted by Crippen LogP contribution is 2.27. The number of fused-ring (bicyclic) bond motifs is 1. The van der Waals surface area contributed by atoms with Crippen molar-refractivity contribution in [2.45, 2.75) is 32.2 Å². The van der Waals surface area contributed by atoms with E-state index in [0.717, 1.165) is 49.3 Å². The quantitative estimate of drug-likeness (QED) is 0.871. The van der Waals surface area contributed by atoms with Gasteiger partial charge in [0, 0.05) is 37.5 Å². The number of nitrogens with zero attached hydrogens (tertiary/aromatic N) is 2. The van der Waals surface area contributed by atoms with Crippen LogP contribution >= 0.6 is 11.3 Å². The molecule has 19 heavy (non-hydrogen) atoms. The molecule has 0 aromatic carbocycles. The molecule has 3 rings (SSSR count). The van der Waals surface area contributed by atoms with Crippen molar-refractivity contribution < 1.29 is 8.42 Å².